The molecule has 0 saturated heterocycles. The second kappa shape index (κ2) is 5.23. The normalized spacial score (nSPS) is 11.5. The zero-order valence-corrected chi connectivity index (χ0v) is 12.4. The number of benzene rings is 2. The second-order valence-corrected chi connectivity index (χ2v) is 6.31. The van der Waals surface area contributed by atoms with Crippen molar-refractivity contribution in [2.45, 2.75) is 4.90 Å². The van der Waals surface area contributed by atoms with Crippen LogP contribution in [0.2, 0.25) is 0 Å². The minimum Gasteiger partial charge on any atom is -0.497 e. The summed E-state index contributed by atoms with van der Waals surface area (Å²) in [6, 6.07) is 11.0. The van der Waals surface area contributed by atoms with Crippen molar-refractivity contribution < 1.29 is 13.2 Å². The fraction of sp³-hybridized carbons (Fsp3) is 0.0714. The third-order valence-corrected chi connectivity index (χ3v) is 4.50. The van der Waals surface area contributed by atoms with Crippen molar-refractivity contribution in [2.24, 2.45) is 0 Å². The predicted octanol–water partition coefficient (Wildman–Crippen LogP) is 1.67. The van der Waals surface area contributed by atoms with Gasteiger partial charge in [0, 0.05) is 6.07 Å². The molecule has 2 aromatic carbocycles. The minimum atomic E-state index is -3.76. The number of hydrogen-bond acceptors (Lipinski definition) is 4. The van der Waals surface area contributed by atoms with Gasteiger partial charge in [-0.3, -0.25) is 4.72 Å². The number of aromatic nitrogens is 2. The summed E-state index contributed by atoms with van der Waals surface area (Å²) < 4.78 is 32.3. The molecule has 0 saturated carbocycles. The first kappa shape index (κ1) is 14.2. The van der Waals surface area contributed by atoms with Crippen LogP contribution >= 0.6 is 0 Å². The molecule has 22 heavy (non-hydrogen) atoms. The van der Waals surface area contributed by atoms with E-state index in [1.807, 2.05) is 0 Å². The molecule has 0 aliphatic rings. The van der Waals surface area contributed by atoms with E-state index in [1.54, 1.807) is 24.3 Å². The molecule has 0 fully saturated rings. The van der Waals surface area contributed by atoms with Gasteiger partial charge in [0.25, 0.3) is 10.0 Å². The van der Waals surface area contributed by atoms with Crippen LogP contribution in [0.1, 0.15) is 0 Å². The SMILES string of the molecule is COc1cccc(NS(=O)(=O)c2ccc3[nH]c(=O)[nH]c3c2)c1. The molecule has 0 aliphatic heterocycles. The van der Waals surface area contributed by atoms with E-state index in [2.05, 4.69) is 14.7 Å². The Morgan fingerprint density at radius 3 is 2.59 bits per heavy atom. The van der Waals surface area contributed by atoms with E-state index in [9.17, 15) is 13.2 Å². The first-order valence-corrected chi connectivity index (χ1v) is 7.85. The highest BCUT2D eigenvalue weighted by Gasteiger charge is 2.15. The smallest absolute Gasteiger partial charge is 0.323 e. The van der Waals surface area contributed by atoms with Gasteiger partial charge >= 0.3 is 5.69 Å². The Labute approximate surface area is 126 Å². The monoisotopic (exact) mass is 319 g/mol. The van der Waals surface area contributed by atoms with Crippen LogP contribution in [0, 0.1) is 0 Å². The van der Waals surface area contributed by atoms with Gasteiger partial charge in [0.1, 0.15) is 5.75 Å². The molecule has 0 unspecified atom stereocenters. The van der Waals surface area contributed by atoms with Gasteiger partial charge in [0.15, 0.2) is 0 Å². The third kappa shape index (κ3) is 2.68. The number of anilines is 1. The van der Waals surface area contributed by atoms with Crippen molar-refractivity contribution >= 4 is 26.7 Å². The summed E-state index contributed by atoms with van der Waals surface area (Å²) in [5.41, 5.74) is 0.983. The van der Waals surface area contributed by atoms with Gasteiger partial charge in [-0.2, -0.15) is 0 Å². The number of rotatable bonds is 4. The maximum Gasteiger partial charge on any atom is 0.323 e. The van der Waals surface area contributed by atoms with Gasteiger partial charge in [0.05, 0.1) is 28.7 Å². The van der Waals surface area contributed by atoms with Crippen LogP contribution in [0.15, 0.2) is 52.2 Å². The molecule has 3 N–H and O–H groups in total. The maximum atomic E-state index is 12.4. The van der Waals surface area contributed by atoms with Gasteiger partial charge in [-0.1, -0.05) is 6.07 Å². The lowest BCUT2D eigenvalue weighted by Crippen LogP contribution is -2.12. The topological polar surface area (TPSA) is 104 Å². The van der Waals surface area contributed by atoms with Crippen LogP contribution in [0.5, 0.6) is 5.75 Å². The summed E-state index contributed by atoms with van der Waals surface area (Å²) in [7, 11) is -2.26. The second-order valence-electron chi connectivity index (χ2n) is 4.62. The average molecular weight is 319 g/mol. The number of H-pyrrole nitrogens is 2. The van der Waals surface area contributed by atoms with Crippen LogP contribution in [0.3, 0.4) is 0 Å². The van der Waals surface area contributed by atoms with E-state index < -0.39 is 10.0 Å². The van der Waals surface area contributed by atoms with Gasteiger partial charge in [-0.25, -0.2) is 13.2 Å². The molecule has 114 valence electrons. The number of nitrogens with one attached hydrogen (secondary N) is 3. The van der Waals surface area contributed by atoms with E-state index in [1.165, 1.54) is 25.3 Å². The lowest BCUT2D eigenvalue weighted by molar-refractivity contribution is 0.415. The van der Waals surface area contributed by atoms with Crippen molar-refractivity contribution in [3.8, 4) is 5.75 Å². The molecule has 3 rings (SSSR count). The van der Waals surface area contributed by atoms with Gasteiger partial charge < -0.3 is 14.7 Å². The third-order valence-electron chi connectivity index (χ3n) is 3.12. The number of fused-ring (bicyclic) bond motifs is 1. The zero-order valence-electron chi connectivity index (χ0n) is 11.6. The van der Waals surface area contributed by atoms with Crippen LogP contribution in [-0.2, 0) is 10.0 Å². The number of aromatic amines is 2. The summed E-state index contributed by atoms with van der Waals surface area (Å²) >= 11 is 0. The van der Waals surface area contributed by atoms with Crippen LogP contribution in [0.25, 0.3) is 11.0 Å². The minimum absolute atomic E-state index is 0.0538. The molecule has 0 spiro atoms. The van der Waals surface area contributed by atoms with E-state index >= 15 is 0 Å². The number of hydrogen-bond donors (Lipinski definition) is 3. The number of sulfonamides is 1. The lowest BCUT2D eigenvalue weighted by atomic mass is 10.3. The van der Waals surface area contributed by atoms with Crippen LogP contribution in [-0.4, -0.2) is 25.5 Å². The van der Waals surface area contributed by atoms with Crippen LogP contribution < -0.4 is 15.1 Å². The van der Waals surface area contributed by atoms with Crippen molar-refractivity contribution in [3.63, 3.8) is 0 Å². The Bertz CT molecular complexity index is 988. The molecule has 3 aromatic rings. The highest BCUT2D eigenvalue weighted by Crippen LogP contribution is 2.21. The summed E-state index contributed by atoms with van der Waals surface area (Å²) in [6.45, 7) is 0. The predicted molar refractivity (Wildman–Crippen MR) is 82.7 cm³/mol. The molecular formula is C14H13N3O4S. The Kier molecular flexibility index (Phi) is 3.38. The molecule has 1 heterocycles. The largest absolute Gasteiger partial charge is 0.497 e. The number of methoxy groups -OCH3 is 1. The molecule has 1 aromatic heterocycles. The lowest BCUT2D eigenvalue weighted by Gasteiger charge is -2.09. The molecular weight excluding hydrogens is 306 g/mol. The molecule has 0 bridgehead atoms. The molecule has 8 heteroatoms. The van der Waals surface area contributed by atoms with Crippen molar-refractivity contribution in [1.82, 2.24) is 9.97 Å². The fourth-order valence-electron chi connectivity index (χ4n) is 2.08. The summed E-state index contributed by atoms with van der Waals surface area (Å²) in [4.78, 5) is 16.4. The Balaban J connectivity index is 1.98. The number of imidazole rings is 1. The van der Waals surface area contributed by atoms with E-state index in [0.717, 1.165) is 0 Å². The molecule has 0 radical (unpaired) electrons. The summed E-state index contributed by atoms with van der Waals surface area (Å²) in [5, 5.41) is 0. The number of ether oxygens (including phenoxy) is 1. The van der Waals surface area contributed by atoms with Gasteiger partial charge in [0.2, 0.25) is 0 Å². The first-order chi connectivity index (χ1) is 10.5. The average Bonchev–Trinajstić information content (AvgIpc) is 2.86. The Hall–Kier alpha value is -2.74. The van der Waals surface area contributed by atoms with Crippen molar-refractivity contribution in [1.29, 1.82) is 0 Å². The summed E-state index contributed by atoms with van der Waals surface area (Å²) in [6.07, 6.45) is 0. The molecule has 0 aliphatic carbocycles. The van der Waals surface area contributed by atoms with E-state index in [-0.39, 0.29) is 10.6 Å². The summed E-state index contributed by atoms with van der Waals surface area (Å²) in [5.74, 6) is 0.547. The highest BCUT2D eigenvalue weighted by molar-refractivity contribution is 7.92. The van der Waals surface area contributed by atoms with E-state index in [4.69, 9.17) is 4.74 Å². The highest BCUT2D eigenvalue weighted by atomic mass is 32.2. The van der Waals surface area contributed by atoms with Crippen molar-refractivity contribution in [3.05, 3.63) is 52.9 Å². The fourth-order valence-corrected chi connectivity index (χ4v) is 3.15. The Morgan fingerprint density at radius 2 is 1.82 bits per heavy atom. The first-order valence-electron chi connectivity index (χ1n) is 6.37. The Morgan fingerprint density at radius 1 is 1.05 bits per heavy atom. The van der Waals surface area contributed by atoms with Gasteiger partial charge in [-0.05, 0) is 30.3 Å². The maximum absolute atomic E-state index is 12.4. The molecule has 0 atom stereocenters. The van der Waals surface area contributed by atoms with Crippen molar-refractivity contribution in [2.75, 3.05) is 11.8 Å². The molecule has 0 amide bonds. The quantitative estimate of drug-likeness (QED) is 0.680. The standard InChI is InChI=1S/C14H13N3O4S/c1-21-10-4-2-3-9(7-10)17-22(19,20)11-5-6-12-13(8-11)16-14(18)15-12/h2-8,17H,1H3,(H2,15,16,18). The molecule has 7 nitrogen and oxygen atoms in total. The zero-order chi connectivity index (χ0) is 15.7. The van der Waals surface area contributed by atoms with E-state index in [0.29, 0.717) is 22.5 Å². The van der Waals surface area contributed by atoms with Gasteiger partial charge in [-0.15, -0.1) is 0 Å². The van der Waals surface area contributed by atoms with Crippen LogP contribution in [0.4, 0.5) is 5.69 Å².